The van der Waals surface area contributed by atoms with Gasteiger partial charge in [-0.2, -0.15) is 5.10 Å². The summed E-state index contributed by atoms with van der Waals surface area (Å²) in [6, 6.07) is 13.6. The monoisotopic (exact) mass is 482 g/mol. The summed E-state index contributed by atoms with van der Waals surface area (Å²) < 4.78 is 20.7. The van der Waals surface area contributed by atoms with Gasteiger partial charge in [-0.1, -0.05) is 32.9 Å². The number of primary amides is 1. The van der Waals surface area contributed by atoms with Crippen LogP contribution < -0.4 is 15.4 Å². The molecule has 9 heteroatoms. The van der Waals surface area contributed by atoms with Crippen LogP contribution in [0.15, 0.2) is 48.5 Å². The third-order valence-corrected chi connectivity index (χ3v) is 6.86. The van der Waals surface area contributed by atoms with Crippen molar-refractivity contribution in [2.75, 3.05) is 24.3 Å². The molecule has 0 radical (unpaired) electrons. The van der Waals surface area contributed by atoms with E-state index in [0.717, 1.165) is 16.8 Å². The van der Waals surface area contributed by atoms with E-state index in [1.807, 2.05) is 45.0 Å². The van der Waals surface area contributed by atoms with Crippen LogP contribution in [-0.2, 0) is 15.0 Å². The van der Waals surface area contributed by atoms with Gasteiger partial charge in [0.15, 0.2) is 0 Å². The number of amides is 2. The summed E-state index contributed by atoms with van der Waals surface area (Å²) in [5, 5.41) is 4.67. The molecule has 1 aliphatic heterocycles. The molecule has 1 atom stereocenters. The van der Waals surface area contributed by atoms with Crippen molar-refractivity contribution in [1.29, 1.82) is 0 Å². The number of fused-ring (bicyclic) bond motifs is 1. The number of benzene rings is 2. The van der Waals surface area contributed by atoms with Crippen LogP contribution in [0.3, 0.4) is 0 Å². The molecule has 2 heterocycles. The first-order valence-electron chi connectivity index (χ1n) is 10.8. The molecule has 0 saturated heterocycles. The number of methoxy groups -OCH3 is 1. The molecule has 2 aromatic carbocycles. The lowest BCUT2D eigenvalue weighted by molar-refractivity contribution is -0.121. The fourth-order valence-corrected chi connectivity index (χ4v) is 5.23. The lowest BCUT2D eigenvalue weighted by Gasteiger charge is -2.24. The minimum atomic E-state index is -0.621. The second-order valence-electron chi connectivity index (χ2n) is 9.13. The maximum absolute atomic E-state index is 13.7. The summed E-state index contributed by atoms with van der Waals surface area (Å²) in [6.45, 7) is 5.87. The Morgan fingerprint density at radius 2 is 1.82 bits per heavy atom. The number of hydrogen-bond acceptors (Lipinski definition) is 5. The minimum Gasteiger partial charge on any atom is -0.497 e. The average Bonchev–Trinajstić information content (AvgIpc) is 3.13. The fourth-order valence-electron chi connectivity index (χ4n) is 4.03. The molecule has 0 saturated carbocycles. The Kier molecular flexibility index (Phi) is 6.40. The maximum Gasteiger partial charge on any atom is 0.238 e. The van der Waals surface area contributed by atoms with E-state index in [9.17, 15) is 14.0 Å². The Balaban J connectivity index is 2.03. The van der Waals surface area contributed by atoms with E-state index < -0.39 is 5.91 Å². The summed E-state index contributed by atoms with van der Waals surface area (Å²) in [7, 11) is 1.59. The number of halogens is 1. The minimum absolute atomic E-state index is 0.135. The van der Waals surface area contributed by atoms with Crippen LogP contribution in [0.25, 0.3) is 5.69 Å². The van der Waals surface area contributed by atoms with Crippen molar-refractivity contribution in [3.8, 4) is 11.4 Å². The molecule has 1 aromatic heterocycles. The third-order valence-electron chi connectivity index (χ3n) is 5.60. The highest BCUT2D eigenvalue weighted by molar-refractivity contribution is 8.00. The SMILES string of the molecule is COc1ccc(-n2nc(C(C)(C)C)c3c2N(CC(N)=O)C(=O)CS[C@H]3c2ccc(F)cc2)cc1. The largest absolute Gasteiger partial charge is 0.497 e. The van der Waals surface area contributed by atoms with E-state index in [0.29, 0.717) is 17.3 Å². The quantitative estimate of drug-likeness (QED) is 0.594. The van der Waals surface area contributed by atoms with Gasteiger partial charge >= 0.3 is 0 Å². The average molecular weight is 483 g/mol. The van der Waals surface area contributed by atoms with Crippen molar-refractivity contribution in [1.82, 2.24) is 9.78 Å². The number of nitrogens with zero attached hydrogens (tertiary/aromatic N) is 3. The van der Waals surface area contributed by atoms with Crippen LogP contribution in [0.1, 0.15) is 42.8 Å². The number of aromatic nitrogens is 2. The van der Waals surface area contributed by atoms with Crippen molar-refractivity contribution in [3.05, 3.63) is 71.2 Å². The number of carbonyl (C=O) groups excluding carboxylic acids is 2. The van der Waals surface area contributed by atoms with E-state index in [4.69, 9.17) is 15.6 Å². The zero-order chi connectivity index (χ0) is 24.6. The smallest absolute Gasteiger partial charge is 0.238 e. The van der Waals surface area contributed by atoms with Crippen molar-refractivity contribution >= 4 is 29.4 Å². The Labute approximate surface area is 202 Å². The second-order valence-corrected chi connectivity index (χ2v) is 10.2. The van der Waals surface area contributed by atoms with E-state index in [-0.39, 0.29) is 34.7 Å². The van der Waals surface area contributed by atoms with Crippen LogP contribution in [0.2, 0.25) is 0 Å². The predicted molar refractivity (Wildman–Crippen MR) is 131 cm³/mol. The molecule has 7 nitrogen and oxygen atoms in total. The molecule has 178 valence electrons. The highest BCUT2D eigenvalue weighted by Crippen LogP contribution is 2.48. The predicted octanol–water partition coefficient (Wildman–Crippen LogP) is 3.97. The topological polar surface area (TPSA) is 90.4 Å². The Morgan fingerprint density at radius 1 is 1.18 bits per heavy atom. The van der Waals surface area contributed by atoms with Gasteiger partial charge in [0.1, 0.15) is 23.9 Å². The highest BCUT2D eigenvalue weighted by atomic mass is 32.2. The van der Waals surface area contributed by atoms with Crippen LogP contribution in [0, 0.1) is 5.82 Å². The van der Waals surface area contributed by atoms with Crippen molar-refractivity contribution in [2.24, 2.45) is 5.73 Å². The molecule has 0 aliphatic carbocycles. The number of carbonyl (C=O) groups is 2. The van der Waals surface area contributed by atoms with Crippen LogP contribution >= 0.6 is 11.8 Å². The van der Waals surface area contributed by atoms with E-state index in [2.05, 4.69) is 0 Å². The lowest BCUT2D eigenvalue weighted by atomic mass is 9.87. The summed E-state index contributed by atoms with van der Waals surface area (Å²) in [5.41, 5.74) is 8.32. The van der Waals surface area contributed by atoms with Crippen molar-refractivity contribution in [3.63, 3.8) is 0 Å². The van der Waals surface area contributed by atoms with Crippen LogP contribution in [-0.4, -0.2) is 41.0 Å². The zero-order valence-corrected chi connectivity index (χ0v) is 20.4. The zero-order valence-electron chi connectivity index (χ0n) is 19.5. The Hall–Kier alpha value is -3.33. The van der Waals surface area contributed by atoms with E-state index in [1.165, 1.54) is 28.8 Å². The van der Waals surface area contributed by atoms with Gasteiger partial charge in [0.05, 0.1) is 29.5 Å². The molecule has 0 unspecified atom stereocenters. The first-order chi connectivity index (χ1) is 16.1. The number of hydrogen-bond donors (Lipinski definition) is 1. The Morgan fingerprint density at radius 3 is 2.38 bits per heavy atom. The molecule has 0 bridgehead atoms. The Bertz CT molecular complexity index is 1220. The van der Waals surface area contributed by atoms with Crippen molar-refractivity contribution < 1.29 is 18.7 Å². The van der Waals surface area contributed by atoms with Gasteiger partial charge in [0, 0.05) is 11.0 Å². The van der Waals surface area contributed by atoms with Gasteiger partial charge < -0.3 is 10.5 Å². The number of thioether (sulfide) groups is 1. The number of rotatable bonds is 5. The summed E-state index contributed by atoms with van der Waals surface area (Å²) in [4.78, 5) is 26.7. The summed E-state index contributed by atoms with van der Waals surface area (Å²) in [6.07, 6.45) is 0. The molecular weight excluding hydrogens is 455 g/mol. The number of anilines is 1. The number of nitrogens with two attached hydrogens (primary N) is 1. The third kappa shape index (κ3) is 4.52. The first kappa shape index (κ1) is 23.8. The standard InChI is InChI=1S/C25H27FN4O3S/c1-25(2,3)23-21-22(15-5-7-16(26)8-6-15)34-14-20(32)29(13-19(27)31)24(21)30(28-23)17-9-11-18(33-4)12-10-17/h5-12,22H,13-14H2,1-4H3,(H2,27,31)/t22-/m0/s1. The molecule has 3 aromatic rings. The van der Waals surface area contributed by atoms with Gasteiger partial charge in [0.2, 0.25) is 11.8 Å². The van der Waals surface area contributed by atoms with Crippen molar-refractivity contribution in [2.45, 2.75) is 31.4 Å². The second kappa shape index (κ2) is 9.13. The molecule has 0 spiro atoms. The molecular formula is C25H27FN4O3S. The van der Waals surface area contributed by atoms with Crippen LogP contribution in [0.5, 0.6) is 5.75 Å². The summed E-state index contributed by atoms with van der Waals surface area (Å²) in [5.74, 6) is 0.116. The van der Waals surface area contributed by atoms with Gasteiger partial charge in [-0.15, -0.1) is 11.8 Å². The molecule has 34 heavy (non-hydrogen) atoms. The van der Waals surface area contributed by atoms with E-state index in [1.54, 1.807) is 23.9 Å². The van der Waals surface area contributed by atoms with Crippen LogP contribution in [0.4, 0.5) is 10.2 Å². The summed E-state index contributed by atoms with van der Waals surface area (Å²) >= 11 is 1.43. The van der Waals surface area contributed by atoms with Gasteiger partial charge in [-0.25, -0.2) is 9.07 Å². The normalized spacial score (nSPS) is 16.2. The van der Waals surface area contributed by atoms with Gasteiger partial charge in [-0.3, -0.25) is 14.5 Å². The molecule has 2 amide bonds. The molecule has 0 fully saturated rings. The van der Waals surface area contributed by atoms with E-state index >= 15 is 0 Å². The molecule has 4 rings (SSSR count). The van der Waals surface area contributed by atoms with Gasteiger partial charge in [-0.05, 0) is 42.0 Å². The maximum atomic E-state index is 13.7. The first-order valence-corrected chi connectivity index (χ1v) is 11.9. The van der Waals surface area contributed by atoms with Gasteiger partial charge in [0.25, 0.3) is 0 Å². The number of ether oxygens (including phenoxy) is 1. The fraction of sp³-hybridized carbons (Fsp3) is 0.320. The highest BCUT2D eigenvalue weighted by Gasteiger charge is 2.39. The molecule has 2 N–H and O–H groups in total. The lowest BCUT2D eigenvalue weighted by Crippen LogP contribution is -2.40. The molecule has 1 aliphatic rings.